The van der Waals surface area contributed by atoms with Crippen LogP contribution < -0.4 is 10.2 Å². The van der Waals surface area contributed by atoms with E-state index in [2.05, 4.69) is 45.9 Å². The first kappa shape index (κ1) is 15.2. The van der Waals surface area contributed by atoms with Gasteiger partial charge in [-0.05, 0) is 32.0 Å². The maximum Gasteiger partial charge on any atom is 0.225 e. The second-order valence-corrected chi connectivity index (χ2v) is 5.60. The second kappa shape index (κ2) is 7.55. The minimum atomic E-state index is 0.618. The zero-order valence-electron chi connectivity index (χ0n) is 12.9. The molecule has 0 bridgehead atoms. The number of nitrogens with one attached hydrogen (secondary N) is 1. The Labute approximate surface area is 122 Å². The van der Waals surface area contributed by atoms with E-state index in [0.717, 1.165) is 45.2 Å². The molecule has 0 amide bonds. The molecule has 0 aromatic carbocycles. The quantitative estimate of drug-likeness (QED) is 0.847. The first-order chi connectivity index (χ1) is 9.72. The largest absolute Gasteiger partial charge is 0.338 e. The van der Waals surface area contributed by atoms with Gasteiger partial charge in [-0.2, -0.15) is 0 Å². The lowest BCUT2D eigenvalue weighted by molar-refractivity contribution is 0.151. The fourth-order valence-corrected chi connectivity index (χ4v) is 2.69. The fourth-order valence-electron chi connectivity index (χ4n) is 2.69. The molecule has 1 aliphatic rings. The molecule has 1 aromatic rings. The van der Waals surface area contributed by atoms with Crippen LogP contribution in [0, 0.1) is 5.92 Å². The van der Waals surface area contributed by atoms with Gasteiger partial charge in [0.05, 0.1) is 0 Å². The third-order valence-corrected chi connectivity index (χ3v) is 4.27. The van der Waals surface area contributed by atoms with E-state index in [-0.39, 0.29) is 0 Å². The molecule has 1 saturated heterocycles. The van der Waals surface area contributed by atoms with Gasteiger partial charge in [0.1, 0.15) is 0 Å². The van der Waals surface area contributed by atoms with E-state index in [9.17, 15) is 0 Å². The topological polar surface area (TPSA) is 44.3 Å². The van der Waals surface area contributed by atoms with Crippen LogP contribution in [0.3, 0.4) is 0 Å². The highest BCUT2D eigenvalue weighted by Crippen LogP contribution is 2.15. The van der Waals surface area contributed by atoms with Crippen molar-refractivity contribution in [2.24, 2.45) is 5.92 Å². The zero-order chi connectivity index (χ0) is 14.4. The number of hydrogen-bond acceptors (Lipinski definition) is 5. The van der Waals surface area contributed by atoms with Gasteiger partial charge in [0.15, 0.2) is 0 Å². The van der Waals surface area contributed by atoms with Crippen LogP contribution in [-0.2, 0) is 0 Å². The molecule has 0 spiro atoms. The lowest BCUT2D eigenvalue weighted by atomic mass is 10.0. The first-order valence-electron chi connectivity index (χ1n) is 7.69. The number of anilines is 1. The van der Waals surface area contributed by atoms with Crippen LogP contribution in [0.15, 0.2) is 18.5 Å². The van der Waals surface area contributed by atoms with E-state index in [1.54, 1.807) is 0 Å². The highest BCUT2D eigenvalue weighted by Gasteiger charge is 2.25. The number of nitrogens with zero attached hydrogens (tertiary/aromatic N) is 4. The van der Waals surface area contributed by atoms with Gasteiger partial charge in [0.25, 0.3) is 0 Å². The highest BCUT2D eigenvalue weighted by molar-refractivity contribution is 5.29. The van der Waals surface area contributed by atoms with Gasteiger partial charge in [-0.25, -0.2) is 9.97 Å². The van der Waals surface area contributed by atoms with E-state index in [0.29, 0.717) is 12.0 Å². The van der Waals surface area contributed by atoms with Crippen molar-refractivity contribution in [2.75, 3.05) is 44.2 Å². The Morgan fingerprint density at radius 2 is 1.80 bits per heavy atom. The van der Waals surface area contributed by atoms with Crippen molar-refractivity contribution in [3.8, 4) is 0 Å². The molecule has 2 unspecified atom stereocenters. The summed E-state index contributed by atoms with van der Waals surface area (Å²) in [4.78, 5) is 13.5. The van der Waals surface area contributed by atoms with Crippen molar-refractivity contribution >= 4 is 5.95 Å². The molecule has 112 valence electrons. The molecule has 1 N–H and O–H groups in total. The maximum absolute atomic E-state index is 4.33. The Balaban J connectivity index is 1.82. The highest BCUT2D eigenvalue weighted by atomic mass is 15.3. The van der Waals surface area contributed by atoms with Crippen LogP contribution in [0.2, 0.25) is 0 Å². The molecule has 1 aliphatic heterocycles. The van der Waals surface area contributed by atoms with Crippen molar-refractivity contribution < 1.29 is 0 Å². The normalized spacial score (nSPS) is 19.9. The van der Waals surface area contributed by atoms with Gasteiger partial charge in [0, 0.05) is 44.6 Å². The Hall–Kier alpha value is -1.20. The lowest BCUT2D eigenvalue weighted by Crippen LogP contribution is -2.52. The van der Waals surface area contributed by atoms with Gasteiger partial charge < -0.3 is 10.2 Å². The van der Waals surface area contributed by atoms with E-state index >= 15 is 0 Å². The van der Waals surface area contributed by atoms with Crippen LogP contribution in [0.4, 0.5) is 5.95 Å². The lowest BCUT2D eigenvalue weighted by Gasteiger charge is -2.40. The maximum atomic E-state index is 4.33. The molecule has 1 aromatic heterocycles. The summed E-state index contributed by atoms with van der Waals surface area (Å²) in [6, 6.07) is 2.48. The number of piperazine rings is 1. The van der Waals surface area contributed by atoms with Gasteiger partial charge in [0.2, 0.25) is 5.95 Å². The summed E-state index contributed by atoms with van der Waals surface area (Å²) in [5.41, 5.74) is 0. The van der Waals surface area contributed by atoms with Gasteiger partial charge in [-0.3, -0.25) is 4.90 Å². The van der Waals surface area contributed by atoms with Crippen molar-refractivity contribution in [3.05, 3.63) is 18.5 Å². The summed E-state index contributed by atoms with van der Waals surface area (Å²) >= 11 is 0. The predicted octanol–water partition coefficient (Wildman–Crippen LogP) is 1.23. The average Bonchev–Trinajstić information content (AvgIpc) is 2.53. The molecule has 2 heterocycles. The van der Waals surface area contributed by atoms with E-state index in [1.807, 2.05) is 18.5 Å². The fraction of sp³-hybridized carbons (Fsp3) is 0.733. The van der Waals surface area contributed by atoms with Gasteiger partial charge in [-0.15, -0.1) is 0 Å². The molecular weight excluding hydrogens is 250 g/mol. The monoisotopic (exact) mass is 277 g/mol. The number of rotatable bonds is 6. The summed E-state index contributed by atoms with van der Waals surface area (Å²) < 4.78 is 0. The van der Waals surface area contributed by atoms with Crippen LogP contribution >= 0.6 is 0 Å². The molecule has 0 radical (unpaired) electrons. The summed E-state index contributed by atoms with van der Waals surface area (Å²) in [5, 5.41) is 3.45. The molecule has 2 atom stereocenters. The van der Waals surface area contributed by atoms with Crippen molar-refractivity contribution in [1.82, 2.24) is 20.2 Å². The third-order valence-electron chi connectivity index (χ3n) is 4.27. The van der Waals surface area contributed by atoms with Crippen molar-refractivity contribution in [3.63, 3.8) is 0 Å². The molecule has 1 fully saturated rings. The SMILES string of the molecule is CCNCC(C)C(C)N1CCN(c2ncccn2)CC1. The molecule has 0 saturated carbocycles. The zero-order valence-corrected chi connectivity index (χ0v) is 12.9. The molecule has 5 nitrogen and oxygen atoms in total. The first-order valence-corrected chi connectivity index (χ1v) is 7.69. The van der Waals surface area contributed by atoms with Crippen LogP contribution in [0.25, 0.3) is 0 Å². The van der Waals surface area contributed by atoms with Gasteiger partial charge >= 0.3 is 0 Å². The number of hydrogen-bond donors (Lipinski definition) is 1. The van der Waals surface area contributed by atoms with E-state index in [1.165, 1.54) is 0 Å². The molecular formula is C15H27N5. The smallest absolute Gasteiger partial charge is 0.225 e. The van der Waals surface area contributed by atoms with Gasteiger partial charge in [-0.1, -0.05) is 13.8 Å². The Morgan fingerprint density at radius 1 is 1.15 bits per heavy atom. The molecule has 5 heteroatoms. The molecule has 0 aliphatic carbocycles. The summed E-state index contributed by atoms with van der Waals surface area (Å²) in [6.07, 6.45) is 3.63. The standard InChI is InChI=1S/C15H27N5/c1-4-16-12-13(2)14(3)19-8-10-20(11-9-19)15-17-6-5-7-18-15/h5-7,13-14,16H,4,8-12H2,1-3H3. The summed E-state index contributed by atoms with van der Waals surface area (Å²) in [6.45, 7) is 13.2. The van der Waals surface area contributed by atoms with Crippen LogP contribution in [0.5, 0.6) is 0 Å². The summed E-state index contributed by atoms with van der Waals surface area (Å²) in [5.74, 6) is 1.54. The van der Waals surface area contributed by atoms with E-state index in [4.69, 9.17) is 0 Å². The number of aromatic nitrogens is 2. The minimum absolute atomic E-state index is 0.618. The Bertz CT molecular complexity index is 375. The molecule has 20 heavy (non-hydrogen) atoms. The molecule has 2 rings (SSSR count). The van der Waals surface area contributed by atoms with Crippen molar-refractivity contribution in [2.45, 2.75) is 26.8 Å². The van der Waals surface area contributed by atoms with Crippen molar-refractivity contribution in [1.29, 1.82) is 0 Å². The predicted molar refractivity (Wildman–Crippen MR) is 83.0 cm³/mol. The minimum Gasteiger partial charge on any atom is -0.338 e. The Morgan fingerprint density at radius 3 is 2.40 bits per heavy atom. The van der Waals surface area contributed by atoms with Crippen LogP contribution in [-0.4, -0.2) is 60.2 Å². The summed E-state index contributed by atoms with van der Waals surface area (Å²) in [7, 11) is 0. The Kier molecular flexibility index (Phi) is 5.73. The second-order valence-electron chi connectivity index (χ2n) is 5.60. The third kappa shape index (κ3) is 3.90. The van der Waals surface area contributed by atoms with Crippen LogP contribution in [0.1, 0.15) is 20.8 Å². The average molecular weight is 277 g/mol. The van der Waals surface area contributed by atoms with E-state index < -0.39 is 0 Å².